The summed E-state index contributed by atoms with van der Waals surface area (Å²) in [6.45, 7) is 5.81. The molecule has 0 unspecified atom stereocenters. The number of hydrogen-bond acceptors (Lipinski definition) is 3. The zero-order chi connectivity index (χ0) is 19.3. The lowest BCUT2D eigenvalue weighted by Gasteiger charge is -2.14. The number of amides is 1. The van der Waals surface area contributed by atoms with Crippen molar-refractivity contribution in [3.63, 3.8) is 0 Å². The lowest BCUT2D eigenvalue weighted by atomic mass is 10.0. The third kappa shape index (κ3) is 4.71. The Balaban J connectivity index is 2.25. The highest BCUT2D eigenvalue weighted by Crippen LogP contribution is 2.23. The number of aromatic nitrogens is 1. The van der Waals surface area contributed by atoms with Crippen molar-refractivity contribution in [2.75, 3.05) is 0 Å². The molecule has 6 heteroatoms. The first-order valence-corrected chi connectivity index (χ1v) is 8.97. The fourth-order valence-electron chi connectivity index (χ4n) is 2.90. The van der Waals surface area contributed by atoms with Crippen molar-refractivity contribution in [1.82, 2.24) is 9.88 Å². The number of aliphatic carboxylic acids is 1. The minimum absolute atomic E-state index is 0.0553. The van der Waals surface area contributed by atoms with Gasteiger partial charge in [-0.05, 0) is 24.0 Å². The summed E-state index contributed by atoms with van der Waals surface area (Å²) in [6.07, 6.45) is 3.19. The van der Waals surface area contributed by atoms with Gasteiger partial charge in [-0.25, -0.2) is 4.79 Å². The molecule has 2 aromatic rings. The zero-order valence-electron chi connectivity index (χ0n) is 15.5. The Morgan fingerprint density at radius 3 is 2.50 bits per heavy atom. The van der Waals surface area contributed by atoms with E-state index in [9.17, 15) is 19.5 Å². The third-order valence-corrected chi connectivity index (χ3v) is 4.37. The second-order valence-electron chi connectivity index (χ2n) is 6.88. The van der Waals surface area contributed by atoms with Crippen LogP contribution in [0.3, 0.4) is 0 Å². The topological polar surface area (TPSA) is 88.4 Å². The van der Waals surface area contributed by atoms with E-state index in [0.717, 1.165) is 16.5 Å². The molecular weight excluding hydrogens is 332 g/mol. The van der Waals surface area contributed by atoms with E-state index in [4.69, 9.17) is 0 Å². The van der Waals surface area contributed by atoms with Crippen molar-refractivity contribution in [3.05, 3.63) is 36.0 Å². The molecule has 140 valence electrons. The molecule has 26 heavy (non-hydrogen) atoms. The molecule has 0 aliphatic rings. The second kappa shape index (κ2) is 8.65. The standard InChI is InChI=1S/C20H26N2O4/c1-4-19(24)22-12-14(15-7-5-6-8-17(15)22)11-16(20(25)26)21-18(23)10-9-13(2)3/h5-8,12-13,16H,4,9-11H2,1-3H3,(H,21,23)(H,25,26)/t16-/m0/s1. The van der Waals surface area contributed by atoms with Gasteiger partial charge >= 0.3 is 5.97 Å². The van der Waals surface area contributed by atoms with Crippen LogP contribution in [-0.4, -0.2) is 33.5 Å². The van der Waals surface area contributed by atoms with Crippen LogP contribution < -0.4 is 5.32 Å². The number of nitrogens with zero attached hydrogens (tertiary/aromatic N) is 1. The molecule has 2 rings (SSSR count). The van der Waals surface area contributed by atoms with Gasteiger partial charge in [0.05, 0.1) is 5.52 Å². The average Bonchev–Trinajstić information content (AvgIpc) is 2.97. The van der Waals surface area contributed by atoms with E-state index in [1.54, 1.807) is 17.7 Å². The van der Waals surface area contributed by atoms with Crippen LogP contribution in [0.4, 0.5) is 0 Å². The number of carboxylic acids is 1. The van der Waals surface area contributed by atoms with Crippen LogP contribution in [0.2, 0.25) is 0 Å². The highest BCUT2D eigenvalue weighted by atomic mass is 16.4. The van der Waals surface area contributed by atoms with E-state index in [1.807, 2.05) is 38.1 Å². The van der Waals surface area contributed by atoms with Crippen LogP contribution in [0.5, 0.6) is 0 Å². The van der Waals surface area contributed by atoms with Gasteiger partial charge in [0.2, 0.25) is 11.8 Å². The summed E-state index contributed by atoms with van der Waals surface area (Å²) in [6, 6.07) is 6.37. The molecule has 0 fully saturated rings. The van der Waals surface area contributed by atoms with Crippen LogP contribution >= 0.6 is 0 Å². The Morgan fingerprint density at radius 1 is 1.19 bits per heavy atom. The average molecular weight is 358 g/mol. The van der Waals surface area contributed by atoms with Crippen molar-refractivity contribution in [2.45, 2.75) is 52.5 Å². The molecule has 1 aromatic carbocycles. The van der Waals surface area contributed by atoms with Crippen LogP contribution in [0.1, 0.15) is 50.4 Å². The van der Waals surface area contributed by atoms with E-state index in [2.05, 4.69) is 5.32 Å². The van der Waals surface area contributed by atoms with Crippen molar-refractivity contribution in [2.24, 2.45) is 5.92 Å². The molecule has 0 saturated heterocycles. The van der Waals surface area contributed by atoms with Gasteiger partial charge in [-0.1, -0.05) is 39.0 Å². The number of nitrogens with one attached hydrogen (secondary N) is 1. The fraction of sp³-hybridized carbons (Fsp3) is 0.450. The molecule has 0 spiro atoms. The minimum Gasteiger partial charge on any atom is -0.480 e. The maximum atomic E-state index is 12.2. The van der Waals surface area contributed by atoms with Gasteiger partial charge < -0.3 is 10.4 Å². The van der Waals surface area contributed by atoms with Gasteiger partial charge in [0.25, 0.3) is 0 Å². The minimum atomic E-state index is -1.08. The monoisotopic (exact) mass is 358 g/mol. The van der Waals surface area contributed by atoms with E-state index < -0.39 is 12.0 Å². The van der Waals surface area contributed by atoms with Crippen molar-refractivity contribution in [1.29, 1.82) is 0 Å². The molecule has 0 bridgehead atoms. The summed E-state index contributed by atoms with van der Waals surface area (Å²) in [5, 5.41) is 12.9. The van der Waals surface area contributed by atoms with Crippen LogP contribution in [0.25, 0.3) is 10.9 Å². The van der Waals surface area contributed by atoms with Crippen molar-refractivity contribution < 1.29 is 19.5 Å². The molecular formula is C20H26N2O4. The number of carbonyl (C=O) groups is 3. The summed E-state index contributed by atoms with van der Waals surface area (Å²) in [5.74, 6) is -1.02. The zero-order valence-corrected chi connectivity index (χ0v) is 15.5. The number of para-hydroxylation sites is 1. The Morgan fingerprint density at radius 2 is 1.88 bits per heavy atom. The Kier molecular flexibility index (Phi) is 6.55. The summed E-state index contributed by atoms with van der Waals surface area (Å²) >= 11 is 0. The number of carbonyl (C=O) groups excluding carboxylic acids is 2. The highest BCUT2D eigenvalue weighted by Gasteiger charge is 2.23. The van der Waals surface area contributed by atoms with Crippen molar-refractivity contribution >= 4 is 28.7 Å². The van der Waals surface area contributed by atoms with Gasteiger partial charge in [-0.15, -0.1) is 0 Å². The maximum Gasteiger partial charge on any atom is 0.326 e. The molecule has 0 radical (unpaired) electrons. The molecule has 1 aromatic heterocycles. The Hall–Kier alpha value is -2.63. The molecule has 1 atom stereocenters. The van der Waals surface area contributed by atoms with Crippen molar-refractivity contribution in [3.8, 4) is 0 Å². The first-order chi connectivity index (χ1) is 12.3. The van der Waals surface area contributed by atoms with Crippen LogP contribution in [0, 0.1) is 5.92 Å². The number of rotatable bonds is 8. The maximum absolute atomic E-state index is 12.2. The molecule has 1 heterocycles. The first kappa shape index (κ1) is 19.7. The predicted molar refractivity (Wildman–Crippen MR) is 100 cm³/mol. The lowest BCUT2D eigenvalue weighted by molar-refractivity contribution is -0.141. The smallest absolute Gasteiger partial charge is 0.326 e. The highest BCUT2D eigenvalue weighted by molar-refractivity contribution is 5.95. The summed E-state index contributed by atoms with van der Waals surface area (Å²) < 4.78 is 1.56. The second-order valence-corrected chi connectivity index (χ2v) is 6.88. The predicted octanol–water partition coefficient (Wildman–Crippen LogP) is 3.24. The van der Waals surface area contributed by atoms with Gasteiger partial charge in [0.1, 0.15) is 6.04 Å². The van der Waals surface area contributed by atoms with Gasteiger partial charge in [-0.2, -0.15) is 0 Å². The van der Waals surface area contributed by atoms with Gasteiger partial charge in [0, 0.05) is 30.8 Å². The number of carboxylic acid groups (broad SMARTS) is 1. The van der Waals surface area contributed by atoms with E-state index >= 15 is 0 Å². The third-order valence-electron chi connectivity index (χ3n) is 4.37. The summed E-state index contributed by atoms with van der Waals surface area (Å²) in [5.41, 5.74) is 1.49. The van der Waals surface area contributed by atoms with E-state index in [0.29, 0.717) is 25.2 Å². The first-order valence-electron chi connectivity index (χ1n) is 8.97. The molecule has 1 amide bonds. The Bertz CT molecular complexity index is 807. The van der Waals surface area contributed by atoms with Crippen LogP contribution in [0.15, 0.2) is 30.5 Å². The van der Waals surface area contributed by atoms with E-state index in [1.165, 1.54) is 0 Å². The number of fused-ring (bicyclic) bond motifs is 1. The van der Waals surface area contributed by atoms with Gasteiger partial charge in [-0.3, -0.25) is 14.2 Å². The molecule has 0 aliphatic heterocycles. The number of benzene rings is 1. The Labute approximate surface area is 153 Å². The molecule has 0 saturated carbocycles. The summed E-state index contributed by atoms with van der Waals surface area (Å²) in [7, 11) is 0. The fourth-order valence-corrected chi connectivity index (χ4v) is 2.90. The van der Waals surface area contributed by atoms with Crippen LogP contribution in [-0.2, 0) is 16.0 Å². The normalized spacial score (nSPS) is 12.3. The molecule has 2 N–H and O–H groups in total. The summed E-state index contributed by atoms with van der Waals surface area (Å²) in [4.78, 5) is 35.8. The SMILES string of the molecule is CCC(=O)n1cc(C[C@H](NC(=O)CCC(C)C)C(=O)O)c2ccccc21. The van der Waals surface area contributed by atoms with E-state index in [-0.39, 0.29) is 18.2 Å². The quantitative estimate of drug-likeness (QED) is 0.758. The molecule has 0 aliphatic carbocycles. The molecule has 6 nitrogen and oxygen atoms in total. The lowest BCUT2D eigenvalue weighted by Crippen LogP contribution is -2.42. The largest absolute Gasteiger partial charge is 0.480 e. The van der Waals surface area contributed by atoms with Gasteiger partial charge in [0.15, 0.2) is 0 Å². The number of hydrogen-bond donors (Lipinski definition) is 2.